The van der Waals surface area contributed by atoms with Gasteiger partial charge in [0, 0.05) is 29.9 Å². The molecule has 5 N–H and O–H groups in total. The summed E-state index contributed by atoms with van der Waals surface area (Å²) in [7, 11) is 0. The smallest absolute Gasteiger partial charge is 0.255 e. The molecule has 1 aromatic rings. The van der Waals surface area contributed by atoms with Crippen LogP contribution in [-0.2, 0) is 9.59 Å². The molecule has 0 aliphatic carbocycles. The molecule has 2 amide bonds. The largest absolute Gasteiger partial charge is 0.379 e. The first-order valence-electron chi connectivity index (χ1n) is 9.28. The highest BCUT2D eigenvalue weighted by Gasteiger charge is 2.33. The van der Waals surface area contributed by atoms with Crippen molar-refractivity contribution in [3.63, 3.8) is 0 Å². The molecule has 152 valence electrons. The average molecular weight is 397 g/mol. The van der Waals surface area contributed by atoms with Crippen LogP contribution < -0.4 is 21.7 Å². The van der Waals surface area contributed by atoms with E-state index in [1.165, 1.54) is 0 Å². The quantitative estimate of drug-likeness (QED) is 0.450. The molecule has 0 fully saturated rings. The van der Waals surface area contributed by atoms with Gasteiger partial charge in [-0.3, -0.25) is 24.9 Å². The van der Waals surface area contributed by atoms with Crippen LogP contribution in [0.1, 0.15) is 30.1 Å². The summed E-state index contributed by atoms with van der Waals surface area (Å²) < 4.78 is 0. The molecule has 3 unspecified atom stereocenters. The lowest BCUT2D eigenvalue weighted by molar-refractivity contribution is -0.121. The minimum atomic E-state index is -0.712. The van der Waals surface area contributed by atoms with Crippen LogP contribution in [0.5, 0.6) is 0 Å². The first-order chi connectivity index (χ1) is 14.0. The second-order valence-electron chi connectivity index (χ2n) is 6.81. The summed E-state index contributed by atoms with van der Waals surface area (Å²) in [6.07, 6.45) is 2.83. The van der Waals surface area contributed by atoms with Crippen LogP contribution in [0.3, 0.4) is 0 Å². The number of carbonyl (C=O) groups excluding carboxylic acids is 3. The van der Waals surface area contributed by atoms with Crippen molar-refractivity contribution in [2.45, 2.75) is 38.0 Å². The molecule has 2 aliphatic rings. The van der Waals surface area contributed by atoms with Crippen LogP contribution in [0.25, 0.3) is 0 Å². The van der Waals surface area contributed by atoms with E-state index in [0.29, 0.717) is 30.7 Å². The molecule has 3 atom stereocenters. The topological polar surface area (TPSA) is 150 Å². The number of rotatable bonds is 8. The van der Waals surface area contributed by atoms with Gasteiger partial charge in [-0.2, -0.15) is 0 Å². The Morgan fingerprint density at radius 2 is 2.07 bits per heavy atom. The molecule has 0 aromatic heterocycles. The van der Waals surface area contributed by atoms with Crippen LogP contribution in [0.4, 0.5) is 5.69 Å². The van der Waals surface area contributed by atoms with Gasteiger partial charge in [0.1, 0.15) is 6.29 Å². The molecule has 0 saturated carbocycles. The Balaban J connectivity index is 1.54. The minimum Gasteiger partial charge on any atom is -0.379 e. The second-order valence-corrected chi connectivity index (χ2v) is 6.81. The number of aliphatic imine (C=N–C) groups is 3. The Morgan fingerprint density at radius 3 is 2.79 bits per heavy atom. The van der Waals surface area contributed by atoms with Gasteiger partial charge in [0.15, 0.2) is 18.2 Å². The van der Waals surface area contributed by atoms with E-state index in [2.05, 4.69) is 30.9 Å². The Hall–Kier alpha value is -3.56. The molecule has 2 aliphatic heterocycles. The van der Waals surface area contributed by atoms with Crippen LogP contribution in [0.2, 0.25) is 0 Å². The van der Waals surface area contributed by atoms with Crippen LogP contribution >= 0.6 is 0 Å². The Morgan fingerprint density at radius 1 is 1.31 bits per heavy atom. The van der Waals surface area contributed by atoms with Crippen molar-refractivity contribution in [1.29, 1.82) is 0 Å². The van der Waals surface area contributed by atoms with E-state index < -0.39 is 12.2 Å². The molecule has 2 heterocycles. The van der Waals surface area contributed by atoms with Crippen molar-refractivity contribution in [3.8, 4) is 0 Å². The number of nitrogens with zero attached hydrogens (tertiary/aromatic N) is 3. The van der Waals surface area contributed by atoms with Crippen molar-refractivity contribution in [2.75, 3.05) is 11.9 Å². The first kappa shape index (κ1) is 20.2. The van der Waals surface area contributed by atoms with Gasteiger partial charge in [0.05, 0.1) is 12.3 Å². The highest BCUT2D eigenvalue weighted by molar-refractivity contribution is 6.33. The number of nitrogens with one attached hydrogen (secondary N) is 3. The van der Waals surface area contributed by atoms with Gasteiger partial charge in [-0.25, -0.2) is 4.99 Å². The zero-order valence-electron chi connectivity index (χ0n) is 16.0. The number of aldehydes is 1. The SMILES string of the molecule is CC(CCC=O)NC(=O)c1ccc(NCC2=NC3C(=O)NC(N)=NC3N=C2)cc1. The summed E-state index contributed by atoms with van der Waals surface area (Å²) in [5.41, 5.74) is 7.46. The molecule has 0 saturated heterocycles. The van der Waals surface area contributed by atoms with Gasteiger partial charge in [-0.05, 0) is 37.6 Å². The van der Waals surface area contributed by atoms with E-state index in [1.807, 2.05) is 6.92 Å². The number of hydrogen-bond acceptors (Lipinski definition) is 8. The number of anilines is 1. The lowest BCUT2D eigenvalue weighted by Crippen LogP contribution is -2.52. The maximum atomic E-state index is 12.2. The average Bonchev–Trinajstić information content (AvgIpc) is 2.71. The van der Waals surface area contributed by atoms with E-state index in [1.54, 1.807) is 30.5 Å². The third-order valence-corrected chi connectivity index (χ3v) is 4.47. The number of carbonyl (C=O) groups is 3. The maximum Gasteiger partial charge on any atom is 0.255 e. The third kappa shape index (κ3) is 5.24. The maximum absolute atomic E-state index is 12.2. The van der Waals surface area contributed by atoms with Gasteiger partial charge in [0.25, 0.3) is 11.8 Å². The van der Waals surface area contributed by atoms with Crippen LogP contribution in [0.15, 0.2) is 39.2 Å². The van der Waals surface area contributed by atoms with Crippen molar-refractivity contribution >= 4 is 41.7 Å². The summed E-state index contributed by atoms with van der Waals surface area (Å²) in [6, 6.07) is 6.21. The molecule has 3 rings (SSSR count). The van der Waals surface area contributed by atoms with Crippen molar-refractivity contribution in [1.82, 2.24) is 10.6 Å². The summed E-state index contributed by atoms with van der Waals surface area (Å²) in [5.74, 6) is -0.463. The summed E-state index contributed by atoms with van der Waals surface area (Å²) in [6.45, 7) is 2.23. The monoisotopic (exact) mass is 397 g/mol. The number of amides is 2. The number of benzene rings is 1. The molecule has 1 aromatic carbocycles. The molecular weight excluding hydrogens is 374 g/mol. The van der Waals surface area contributed by atoms with Gasteiger partial charge in [0.2, 0.25) is 0 Å². The molecule has 0 spiro atoms. The minimum absolute atomic E-state index is 0.0485. The predicted molar refractivity (Wildman–Crippen MR) is 110 cm³/mol. The Kier molecular flexibility index (Phi) is 6.32. The van der Waals surface area contributed by atoms with Gasteiger partial charge in [-0.1, -0.05) is 0 Å². The first-order valence-corrected chi connectivity index (χ1v) is 9.28. The van der Waals surface area contributed by atoms with Crippen molar-refractivity contribution < 1.29 is 14.4 Å². The zero-order chi connectivity index (χ0) is 20.8. The molecule has 10 heteroatoms. The normalized spacial score (nSPS) is 21.2. The Bertz CT molecular complexity index is 876. The lowest BCUT2D eigenvalue weighted by Gasteiger charge is -2.25. The highest BCUT2D eigenvalue weighted by Crippen LogP contribution is 2.14. The van der Waals surface area contributed by atoms with E-state index in [9.17, 15) is 14.4 Å². The fourth-order valence-corrected chi connectivity index (χ4v) is 2.92. The Labute approximate surface area is 167 Å². The zero-order valence-corrected chi connectivity index (χ0v) is 16.0. The van der Waals surface area contributed by atoms with Crippen LogP contribution in [-0.4, -0.2) is 60.8 Å². The summed E-state index contributed by atoms with van der Waals surface area (Å²) in [5, 5.41) is 8.49. The van der Waals surface area contributed by atoms with E-state index >= 15 is 0 Å². The number of nitrogens with two attached hydrogens (primary N) is 1. The number of fused-ring (bicyclic) bond motifs is 1. The fraction of sp³-hybridized carbons (Fsp3) is 0.368. The highest BCUT2D eigenvalue weighted by atomic mass is 16.2. The lowest BCUT2D eigenvalue weighted by atomic mass is 10.1. The molecular formula is C19H23N7O3. The molecule has 0 bridgehead atoms. The van der Waals surface area contributed by atoms with E-state index in [0.717, 1.165) is 12.0 Å². The molecule has 0 radical (unpaired) electrons. The van der Waals surface area contributed by atoms with E-state index in [4.69, 9.17) is 5.73 Å². The van der Waals surface area contributed by atoms with Gasteiger partial charge in [-0.15, -0.1) is 0 Å². The van der Waals surface area contributed by atoms with Crippen molar-refractivity contribution in [2.24, 2.45) is 20.7 Å². The van der Waals surface area contributed by atoms with E-state index in [-0.39, 0.29) is 23.8 Å². The van der Waals surface area contributed by atoms with Crippen molar-refractivity contribution in [3.05, 3.63) is 29.8 Å². The predicted octanol–water partition coefficient (Wildman–Crippen LogP) is -0.139. The standard InChI is InChI=1S/C19H23N7O3/c1-11(3-2-8-27)23-17(28)12-4-6-13(7-5-12)21-9-14-10-22-16-15(24-14)18(29)26-19(20)25-16/h4-8,10-11,15-16,21H,2-3,9H2,1H3,(H,23,28)(H3,20,25,26,29). The molecule has 10 nitrogen and oxygen atoms in total. The molecule has 29 heavy (non-hydrogen) atoms. The summed E-state index contributed by atoms with van der Waals surface area (Å²) in [4.78, 5) is 47.2. The number of hydrogen-bond donors (Lipinski definition) is 4. The van der Waals surface area contributed by atoms with Crippen LogP contribution in [0, 0.1) is 0 Å². The second kappa shape index (κ2) is 9.09. The number of guanidine groups is 1. The van der Waals surface area contributed by atoms with Gasteiger partial charge < -0.3 is 21.2 Å². The fourth-order valence-electron chi connectivity index (χ4n) is 2.92. The third-order valence-electron chi connectivity index (χ3n) is 4.47. The summed E-state index contributed by atoms with van der Waals surface area (Å²) >= 11 is 0. The van der Waals surface area contributed by atoms with Gasteiger partial charge >= 0.3 is 0 Å².